The zero-order chi connectivity index (χ0) is 9.07. The van der Waals surface area contributed by atoms with Gasteiger partial charge in [0.15, 0.2) is 0 Å². The molecule has 4 N–H and O–H groups in total. The van der Waals surface area contributed by atoms with Crippen molar-refractivity contribution in [2.75, 3.05) is 0 Å². The lowest BCUT2D eigenvalue weighted by Crippen LogP contribution is -2.23. The van der Waals surface area contributed by atoms with E-state index in [0.29, 0.717) is 0 Å². The summed E-state index contributed by atoms with van der Waals surface area (Å²) in [5, 5.41) is 7.40. The molecule has 0 aromatic carbocycles. The van der Waals surface area contributed by atoms with Gasteiger partial charge in [-0.25, -0.2) is 0 Å². The van der Waals surface area contributed by atoms with Crippen LogP contribution in [-0.4, -0.2) is 11.7 Å². The molecule has 0 fully saturated rings. The average Bonchev–Trinajstić information content (AvgIpc) is 1.80. The van der Waals surface area contributed by atoms with Gasteiger partial charge in [0.2, 0.25) is 5.96 Å². The molecule has 0 amide bonds. The van der Waals surface area contributed by atoms with Crippen LogP contribution in [0.2, 0.25) is 0 Å². The predicted molar refractivity (Wildman–Crippen MR) is 48.4 cm³/mol. The van der Waals surface area contributed by atoms with Gasteiger partial charge in [0.1, 0.15) is 0 Å². The van der Waals surface area contributed by atoms with Crippen molar-refractivity contribution in [2.45, 2.75) is 27.7 Å². The fourth-order valence-electron chi connectivity index (χ4n) is 0.283. The SMILES string of the molecule is C/C(=N\N=C(N)N)C(C)(C)C. The summed E-state index contributed by atoms with van der Waals surface area (Å²) in [5.74, 6) is -0.00593. The number of nitrogens with zero attached hydrogens (tertiary/aromatic N) is 2. The summed E-state index contributed by atoms with van der Waals surface area (Å²) < 4.78 is 0. The van der Waals surface area contributed by atoms with E-state index in [4.69, 9.17) is 11.5 Å². The van der Waals surface area contributed by atoms with Crippen LogP contribution in [0.25, 0.3) is 0 Å². The Morgan fingerprint density at radius 3 is 1.82 bits per heavy atom. The Morgan fingerprint density at radius 1 is 1.09 bits per heavy atom. The smallest absolute Gasteiger partial charge is 0.211 e. The van der Waals surface area contributed by atoms with Gasteiger partial charge in [0, 0.05) is 11.1 Å². The number of hydrogen-bond acceptors (Lipinski definition) is 2. The van der Waals surface area contributed by atoms with Gasteiger partial charge in [-0.3, -0.25) is 0 Å². The van der Waals surface area contributed by atoms with Crippen molar-refractivity contribution in [3.8, 4) is 0 Å². The second-order valence-corrected chi connectivity index (χ2v) is 3.46. The van der Waals surface area contributed by atoms with E-state index < -0.39 is 0 Å². The summed E-state index contributed by atoms with van der Waals surface area (Å²) in [7, 11) is 0. The maximum atomic E-state index is 5.10. The molecule has 4 heteroatoms. The first-order chi connectivity index (χ1) is 4.84. The standard InChI is InChI=1S/C7H16N4/c1-5(7(2,3)4)10-11-6(8)9/h1-4H3,(H4,8,9,11)/b10-5+. The quantitative estimate of drug-likeness (QED) is 0.333. The molecule has 0 rings (SSSR count). The van der Waals surface area contributed by atoms with Gasteiger partial charge in [-0.15, -0.1) is 5.10 Å². The van der Waals surface area contributed by atoms with Crippen LogP contribution in [0.4, 0.5) is 0 Å². The maximum absolute atomic E-state index is 5.10. The first-order valence-electron chi connectivity index (χ1n) is 3.47. The molecule has 0 heterocycles. The van der Waals surface area contributed by atoms with Crippen molar-refractivity contribution in [3.05, 3.63) is 0 Å². The fraction of sp³-hybridized carbons (Fsp3) is 0.714. The van der Waals surface area contributed by atoms with Crippen LogP contribution in [0.1, 0.15) is 27.7 Å². The minimum absolute atomic E-state index is 0.00593. The monoisotopic (exact) mass is 156 g/mol. The van der Waals surface area contributed by atoms with Gasteiger partial charge >= 0.3 is 0 Å². The number of guanidine groups is 1. The summed E-state index contributed by atoms with van der Waals surface area (Å²) in [6, 6.07) is 0. The molecule has 0 aromatic rings. The molecule has 0 bridgehead atoms. The van der Waals surface area contributed by atoms with Crippen molar-refractivity contribution < 1.29 is 0 Å². The normalized spacial score (nSPS) is 12.9. The molecule has 0 spiro atoms. The lowest BCUT2D eigenvalue weighted by atomic mass is 9.91. The van der Waals surface area contributed by atoms with Crippen LogP contribution in [0.5, 0.6) is 0 Å². The first-order valence-corrected chi connectivity index (χ1v) is 3.47. The summed E-state index contributed by atoms with van der Waals surface area (Å²) in [6.45, 7) is 8.04. The van der Waals surface area contributed by atoms with Crippen LogP contribution in [0, 0.1) is 5.41 Å². The van der Waals surface area contributed by atoms with Crippen molar-refractivity contribution in [3.63, 3.8) is 0 Å². The highest BCUT2D eigenvalue weighted by molar-refractivity contribution is 5.87. The van der Waals surface area contributed by atoms with Crippen LogP contribution in [0.3, 0.4) is 0 Å². The van der Waals surface area contributed by atoms with E-state index in [0.717, 1.165) is 5.71 Å². The van der Waals surface area contributed by atoms with E-state index >= 15 is 0 Å². The summed E-state index contributed by atoms with van der Waals surface area (Å²) in [5.41, 5.74) is 11.1. The lowest BCUT2D eigenvalue weighted by molar-refractivity contribution is 0.585. The lowest BCUT2D eigenvalue weighted by Gasteiger charge is -2.15. The van der Waals surface area contributed by atoms with Gasteiger partial charge in [-0.05, 0) is 6.92 Å². The third-order valence-electron chi connectivity index (χ3n) is 1.40. The molecule has 11 heavy (non-hydrogen) atoms. The van der Waals surface area contributed by atoms with Crippen LogP contribution in [0.15, 0.2) is 10.2 Å². The Bertz CT molecular complexity index is 181. The predicted octanol–water partition coefficient (Wildman–Crippen LogP) is 0.682. The van der Waals surface area contributed by atoms with Crippen molar-refractivity contribution >= 4 is 11.7 Å². The number of nitrogens with two attached hydrogens (primary N) is 2. The van der Waals surface area contributed by atoms with E-state index in [-0.39, 0.29) is 11.4 Å². The molecule has 4 nitrogen and oxygen atoms in total. The minimum Gasteiger partial charge on any atom is -0.369 e. The van der Waals surface area contributed by atoms with Gasteiger partial charge in [0.05, 0.1) is 0 Å². The van der Waals surface area contributed by atoms with E-state index in [2.05, 4.69) is 10.2 Å². The Labute approximate surface area is 67.4 Å². The zero-order valence-corrected chi connectivity index (χ0v) is 7.55. The fourth-order valence-corrected chi connectivity index (χ4v) is 0.283. The van der Waals surface area contributed by atoms with Crippen LogP contribution >= 0.6 is 0 Å². The minimum atomic E-state index is -0.00593. The third-order valence-corrected chi connectivity index (χ3v) is 1.40. The van der Waals surface area contributed by atoms with Crippen molar-refractivity contribution in [1.29, 1.82) is 0 Å². The molecular weight excluding hydrogens is 140 g/mol. The molecule has 0 aliphatic rings. The molecule has 0 saturated heterocycles. The topological polar surface area (TPSA) is 76.8 Å². The van der Waals surface area contributed by atoms with Crippen LogP contribution in [-0.2, 0) is 0 Å². The number of rotatable bonds is 1. The van der Waals surface area contributed by atoms with E-state index in [1.807, 2.05) is 27.7 Å². The molecule has 0 atom stereocenters. The maximum Gasteiger partial charge on any atom is 0.211 e. The largest absolute Gasteiger partial charge is 0.369 e. The van der Waals surface area contributed by atoms with Gasteiger partial charge in [0.25, 0.3) is 0 Å². The molecule has 64 valence electrons. The van der Waals surface area contributed by atoms with Crippen molar-refractivity contribution in [1.82, 2.24) is 0 Å². The zero-order valence-electron chi connectivity index (χ0n) is 7.55. The molecule has 0 saturated carbocycles. The second-order valence-electron chi connectivity index (χ2n) is 3.46. The molecule has 0 aliphatic carbocycles. The van der Waals surface area contributed by atoms with Crippen LogP contribution < -0.4 is 11.5 Å². The van der Waals surface area contributed by atoms with Gasteiger partial charge < -0.3 is 11.5 Å². The van der Waals surface area contributed by atoms with Gasteiger partial charge in [-0.2, -0.15) is 5.10 Å². The second kappa shape index (κ2) is 3.37. The Hall–Kier alpha value is -1.06. The molecule has 0 aliphatic heterocycles. The third kappa shape index (κ3) is 4.36. The Kier molecular flexibility index (Phi) is 3.04. The van der Waals surface area contributed by atoms with E-state index in [9.17, 15) is 0 Å². The van der Waals surface area contributed by atoms with E-state index in [1.54, 1.807) is 0 Å². The van der Waals surface area contributed by atoms with Gasteiger partial charge in [-0.1, -0.05) is 20.8 Å². The molecule has 0 radical (unpaired) electrons. The molecule has 0 aromatic heterocycles. The number of hydrogen-bond donors (Lipinski definition) is 2. The highest BCUT2D eigenvalue weighted by atomic mass is 15.3. The Balaban J connectivity index is 4.36. The molecule has 0 unspecified atom stereocenters. The van der Waals surface area contributed by atoms with E-state index in [1.165, 1.54) is 0 Å². The summed E-state index contributed by atoms with van der Waals surface area (Å²) in [4.78, 5) is 0. The summed E-state index contributed by atoms with van der Waals surface area (Å²) in [6.07, 6.45) is 0. The van der Waals surface area contributed by atoms with Crippen molar-refractivity contribution in [2.24, 2.45) is 27.1 Å². The highest BCUT2D eigenvalue weighted by Gasteiger charge is 2.13. The average molecular weight is 156 g/mol. The molecular formula is C7H16N4. The highest BCUT2D eigenvalue weighted by Crippen LogP contribution is 2.15. The first kappa shape index (κ1) is 9.94. The Morgan fingerprint density at radius 2 is 1.55 bits per heavy atom. The summed E-state index contributed by atoms with van der Waals surface area (Å²) >= 11 is 0.